The van der Waals surface area contributed by atoms with Crippen molar-refractivity contribution in [3.8, 4) is 11.5 Å². The van der Waals surface area contributed by atoms with Crippen LogP contribution in [0.1, 0.15) is 18.6 Å². The number of hydrogen-bond donors (Lipinski definition) is 2. The van der Waals surface area contributed by atoms with Gasteiger partial charge in [-0.25, -0.2) is 0 Å². The summed E-state index contributed by atoms with van der Waals surface area (Å²) in [5.74, 6) is 1.03. The average molecular weight is 300 g/mol. The second-order valence-corrected chi connectivity index (χ2v) is 4.62. The third-order valence-corrected chi connectivity index (χ3v) is 2.84. The van der Waals surface area contributed by atoms with Crippen molar-refractivity contribution in [1.29, 1.82) is 0 Å². The zero-order chi connectivity index (χ0) is 15.7. The van der Waals surface area contributed by atoms with E-state index in [1.54, 1.807) is 32.2 Å². The van der Waals surface area contributed by atoms with E-state index in [2.05, 4.69) is 0 Å². The Balaban J connectivity index is 2.47. The van der Waals surface area contributed by atoms with Gasteiger partial charge >= 0.3 is 0 Å². The molecule has 2 unspecified atom stereocenters. The van der Waals surface area contributed by atoms with E-state index < -0.39 is 12.2 Å². The summed E-state index contributed by atoms with van der Waals surface area (Å²) in [6, 6.07) is 5.17. The van der Waals surface area contributed by atoms with Gasteiger partial charge in [0.1, 0.15) is 12.7 Å². The van der Waals surface area contributed by atoms with Crippen LogP contribution >= 0.6 is 0 Å². The van der Waals surface area contributed by atoms with Crippen LogP contribution in [0.2, 0.25) is 0 Å². The van der Waals surface area contributed by atoms with Crippen molar-refractivity contribution >= 4 is 0 Å². The molecule has 0 heterocycles. The summed E-state index contributed by atoms with van der Waals surface area (Å²) in [4.78, 5) is 0. The van der Waals surface area contributed by atoms with Gasteiger partial charge in [0, 0.05) is 7.11 Å². The van der Waals surface area contributed by atoms with Gasteiger partial charge in [-0.2, -0.15) is 0 Å². The zero-order valence-electron chi connectivity index (χ0n) is 12.7. The largest absolute Gasteiger partial charge is 0.493 e. The first-order chi connectivity index (χ1) is 10.1. The predicted octanol–water partition coefficient (Wildman–Crippen LogP) is 1.15. The lowest BCUT2D eigenvalue weighted by Crippen LogP contribution is -2.24. The maximum atomic E-state index is 9.74. The minimum atomic E-state index is -0.733. The van der Waals surface area contributed by atoms with Gasteiger partial charge in [-0.15, -0.1) is 0 Å². The van der Waals surface area contributed by atoms with E-state index in [9.17, 15) is 10.2 Å². The Morgan fingerprint density at radius 2 is 1.81 bits per heavy atom. The summed E-state index contributed by atoms with van der Waals surface area (Å²) in [5, 5.41) is 19.3. The van der Waals surface area contributed by atoms with Crippen LogP contribution < -0.4 is 9.47 Å². The van der Waals surface area contributed by atoms with Crippen LogP contribution in [0, 0.1) is 0 Å². The second kappa shape index (κ2) is 9.57. The summed E-state index contributed by atoms with van der Waals surface area (Å²) < 4.78 is 20.8. The number of ether oxygens (including phenoxy) is 4. The average Bonchev–Trinajstić information content (AvgIpc) is 2.49. The first-order valence-electron chi connectivity index (χ1n) is 6.82. The number of aliphatic hydroxyl groups excluding tert-OH is 2. The van der Waals surface area contributed by atoms with Crippen molar-refractivity contribution in [2.24, 2.45) is 0 Å². The first-order valence-corrected chi connectivity index (χ1v) is 6.82. The van der Waals surface area contributed by atoms with Crippen LogP contribution in [0.4, 0.5) is 0 Å². The van der Waals surface area contributed by atoms with Gasteiger partial charge in [-0.05, 0) is 24.6 Å². The molecule has 0 radical (unpaired) electrons. The molecule has 1 aromatic carbocycles. The maximum Gasteiger partial charge on any atom is 0.161 e. The molecule has 0 aliphatic heterocycles. The molecule has 0 spiro atoms. The smallest absolute Gasteiger partial charge is 0.161 e. The van der Waals surface area contributed by atoms with E-state index >= 15 is 0 Å². The van der Waals surface area contributed by atoms with Crippen LogP contribution in [0.25, 0.3) is 0 Å². The molecule has 0 aliphatic rings. The first kappa shape index (κ1) is 17.7. The molecule has 120 valence electrons. The third-order valence-electron chi connectivity index (χ3n) is 2.84. The van der Waals surface area contributed by atoms with Crippen LogP contribution in [-0.4, -0.2) is 57.0 Å². The molecule has 1 rings (SSSR count). The van der Waals surface area contributed by atoms with Crippen LogP contribution in [0.5, 0.6) is 11.5 Å². The Labute approximate surface area is 125 Å². The Morgan fingerprint density at radius 1 is 1.05 bits per heavy atom. The van der Waals surface area contributed by atoms with Crippen molar-refractivity contribution in [3.05, 3.63) is 23.8 Å². The minimum Gasteiger partial charge on any atom is -0.493 e. The van der Waals surface area contributed by atoms with Crippen molar-refractivity contribution in [2.75, 3.05) is 40.6 Å². The molecule has 0 amide bonds. The molecule has 0 aromatic heterocycles. The van der Waals surface area contributed by atoms with E-state index in [0.717, 1.165) is 5.56 Å². The van der Waals surface area contributed by atoms with Gasteiger partial charge in [0.15, 0.2) is 11.5 Å². The van der Waals surface area contributed by atoms with Gasteiger partial charge in [0.2, 0.25) is 0 Å². The van der Waals surface area contributed by atoms with E-state index in [1.165, 1.54) is 7.11 Å². The Kier molecular flexibility index (Phi) is 8.07. The molecule has 21 heavy (non-hydrogen) atoms. The van der Waals surface area contributed by atoms with Crippen molar-refractivity contribution < 1.29 is 29.2 Å². The SMILES string of the molecule is COCCOCC(O)COc1ccc(C(C)O)cc1OC. The summed E-state index contributed by atoms with van der Waals surface area (Å²) in [6.07, 6.45) is -1.31. The van der Waals surface area contributed by atoms with Crippen molar-refractivity contribution in [1.82, 2.24) is 0 Å². The molecular weight excluding hydrogens is 276 g/mol. The third kappa shape index (κ3) is 6.31. The van der Waals surface area contributed by atoms with Crippen LogP contribution in [0.3, 0.4) is 0 Å². The molecule has 1 aromatic rings. The highest BCUT2D eigenvalue weighted by atomic mass is 16.5. The van der Waals surface area contributed by atoms with Gasteiger partial charge in [0.25, 0.3) is 0 Å². The highest BCUT2D eigenvalue weighted by Gasteiger charge is 2.11. The molecule has 0 saturated heterocycles. The molecule has 0 saturated carbocycles. The topological polar surface area (TPSA) is 77.4 Å². The lowest BCUT2D eigenvalue weighted by atomic mass is 10.1. The summed E-state index contributed by atoms with van der Waals surface area (Å²) >= 11 is 0. The molecule has 6 nitrogen and oxygen atoms in total. The summed E-state index contributed by atoms with van der Waals surface area (Å²) in [6.45, 7) is 2.87. The highest BCUT2D eigenvalue weighted by Crippen LogP contribution is 2.30. The Hall–Kier alpha value is -1.34. The molecule has 0 bridgehead atoms. The van der Waals surface area contributed by atoms with Gasteiger partial charge in [0.05, 0.1) is 33.0 Å². The number of hydrogen-bond acceptors (Lipinski definition) is 6. The van der Waals surface area contributed by atoms with Gasteiger partial charge in [-0.3, -0.25) is 0 Å². The summed E-state index contributed by atoms with van der Waals surface area (Å²) in [7, 11) is 3.12. The minimum absolute atomic E-state index is 0.0946. The van der Waals surface area contributed by atoms with Gasteiger partial charge < -0.3 is 29.2 Å². The molecule has 0 aliphatic carbocycles. The maximum absolute atomic E-state index is 9.74. The lowest BCUT2D eigenvalue weighted by Gasteiger charge is -2.16. The number of methoxy groups -OCH3 is 2. The van der Waals surface area contributed by atoms with E-state index in [0.29, 0.717) is 24.7 Å². The molecular formula is C15H24O6. The van der Waals surface area contributed by atoms with Crippen molar-refractivity contribution in [2.45, 2.75) is 19.1 Å². The Bertz CT molecular complexity index is 407. The van der Waals surface area contributed by atoms with E-state index in [1.807, 2.05) is 0 Å². The monoisotopic (exact) mass is 300 g/mol. The number of aliphatic hydroxyl groups is 2. The van der Waals surface area contributed by atoms with Gasteiger partial charge in [-0.1, -0.05) is 6.07 Å². The lowest BCUT2D eigenvalue weighted by molar-refractivity contribution is -0.00451. The molecule has 0 fully saturated rings. The predicted molar refractivity (Wildman–Crippen MR) is 77.8 cm³/mol. The fourth-order valence-corrected chi connectivity index (χ4v) is 1.66. The second-order valence-electron chi connectivity index (χ2n) is 4.62. The molecule has 2 N–H and O–H groups in total. The van der Waals surface area contributed by atoms with E-state index in [4.69, 9.17) is 18.9 Å². The molecule has 6 heteroatoms. The number of benzene rings is 1. The standard InChI is InChI=1S/C15H24O6/c1-11(16)12-4-5-14(15(8-12)19-3)21-10-13(17)9-20-7-6-18-2/h4-5,8,11,13,16-17H,6-7,9-10H2,1-3H3. The van der Waals surface area contributed by atoms with E-state index in [-0.39, 0.29) is 13.2 Å². The van der Waals surface area contributed by atoms with Crippen LogP contribution in [-0.2, 0) is 9.47 Å². The Morgan fingerprint density at radius 3 is 2.43 bits per heavy atom. The fraction of sp³-hybridized carbons (Fsp3) is 0.600. The summed E-state index contributed by atoms with van der Waals surface area (Å²) in [5.41, 5.74) is 0.739. The quantitative estimate of drug-likeness (QED) is 0.631. The van der Waals surface area contributed by atoms with Crippen LogP contribution in [0.15, 0.2) is 18.2 Å². The highest BCUT2D eigenvalue weighted by molar-refractivity contribution is 5.43. The normalized spacial score (nSPS) is 13.8. The fourth-order valence-electron chi connectivity index (χ4n) is 1.66. The van der Waals surface area contributed by atoms with Crippen molar-refractivity contribution in [3.63, 3.8) is 0 Å². The zero-order valence-corrected chi connectivity index (χ0v) is 12.7. The molecule has 2 atom stereocenters. The number of rotatable bonds is 10.